The first kappa shape index (κ1) is 19.9. The Morgan fingerprint density at radius 1 is 1.36 bits per heavy atom. The molecule has 1 atom stereocenters. The highest BCUT2D eigenvalue weighted by Crippen LogP contribution is 2.27. The van der Waals surface area contributed by atoms with Crippen LogP contribution in [0.4, 0.5) is 10.5 Å². The van der Waals surface area contributed by atoms with Gasteiger partial charge in [0, 0.05) is 26.6 Å². The quantitative estimate of drug-likeness (QED) is 0.706. The highest BCUT2D eigenvalue weighted by molar-refractivity contribution is 7.16. The zero-order valence-electron chi connectivity index (χ0n) is 16.2. The van der Waals surface area contributed by atoms with E-state index in [4.69, 9.17) is 9.57 Å². The largest absolute Gasteiger partial charge is 0.442 e. The van der Waals surface area contributed by atoms with Gasteiger partial charge in [0.05, 0.1) is 23.3 Å². The van der Waals surface area contributed by atoms with Crippen molar-refractivity contribution in [3.63, 3.8) is 0 Å². The van der Waals surface area contributed by atoms with Crippen molar-refractivity contribution in [2.24, 2.45) is 12.2 Å². The third kappa shape index (κ3) is 3.86. The summed E-state index contributed by atoms with van der Waals surface area (Å²) in [7, 11) is 1.90. The number of benzene rings is 1. The van der Waals surface area contributed by atoms with Gasteiger partial charge in [-0.1, -0.05) is 16.5 Å². The zero-order chi connectivity index (χ0) is 20.4. The van der Waals surface area contributed by atoms with Gasteiger partial charge in [0.25, 0.3) is 0 Å². The van der Waals surface area contributed by atoms with Crippen LogP contribution in [-0.2, 0) is 26.2 Å². The number of nitrogens with zero attached hydrogens (tertiary/aromatic N) is 4. The van der Waals surface area contributed by atoms with Crippen LogP contribution >= 0.6 is 11.3 Å². The number of imide groups is 1. The molecule has 2 heterocycles. The summed E-state index contributed by atoms with van der Waals surface area (Å²) in [5, 5.41) is 4.09. The molecule has 0 radical (unpaired) electrons. The summed E-state index contributed by atoms with van der Waals surface area (Å²) >= 11 is 1.45. The molecule has 1 aliphatic rings. The number of anilines is 1. The van der Waals surface area contributed by atoms with E-state index in [1.54, 1.807) is 0 Å². The monoisotopic (exact) mass is 406 g/mol. The summed E-state index contributed by atoms with van der Waals surface area (Å²) in [6.45, 7) is 5.27. The van der Waals surface area contributed by atoms with E-state index in [-0.39, 0.29) is 24.9 Å². The second-order valence-electron chi connectivity index (χ2n) is 6.37. The molecule has 10 heteroatoms. The summed E-state index contributed by atoms with van der Waals surface area (Å²) in [5.41, 5.74) is 1.65. The highest BCUT2D eigenvalue weighted by atomic mass is 32.1. The van der Waals surface area contributed by atoms with Crippen LogP contribution in [0, 0.1) is 0 Å². The van der Waals surface area contributed by atoms with Crippen molar-refractivity contribution in [3.8, 4) is 0 Å². The maximum atomic E-state index is 12.3. The van der Waals surface area contributed by atoms with Gasteiger partial charge in [-0.05, 0) is 25.1 Å². The van der Waals surface area contributed by atoms with Crippen molar-refractivity contribution >= 4 is 45.1 Å². The number of carbonyl (C=O) groups is 3. The summed E-state index contributed by atoms with van der Waals surface area (Å²) in [5.74, 6) is -0.750. The molecule has 1 fully saturated rings. The maximum Gasteiger partial charge on any atom is 0.414 e. The fourth-order valence-electron chi connectivity index (χ4n) is 3.01. The van der Waals surface area contributed by atoms with Crippen molar-refractivity contribution in [1.82, 2.24) is 9.47 Å². The molecule has 1 aromatic heterocycles. The number of hydrogen-bond donors (Lipinski definition) is 0. The summed E-state index contributed by atoms with van der Waals surface area (Å²) in [6, 6.07) is 5.63. The van der Waals surface area contributed by atoms with Crippen LogP contribution in [0.2, 0.25) is 0 Å². The summed E-state index contributed by atoms with van der Waals surface area (Å²) in [4.78, 5) is 43.9. The molecule has 2 aromatic rings. The fraction of sp³-hybridized carbons (Fsp3) is 0.444. The third-order valence-corrected chi connectivity index (χ3v) is 5.47. The van der Waals surface area contributed by atoms with E-state index in [0.717, 1.165) is 19.9 Å². The molecule has 0 aliphatic carbocycles. The molecule has 9 nitrogen and oxygen atoms in total. The van der Waals surface area contributed by atoms with Crippen molar-refractivity contribution in [1.29, 1.82) is 0 Å². The van der Waals surface area contributed by atoms with E-state index in [1.807, 2.05) is 36.7 Å². The predicted octanol–water partition coefficient (Wildman–Crippen LogP) is 1.81. The number of aryl methyl sites for hydroxylation is 1. The number of hydrogen-bond acceptors (Lipinski definition) is 7. The number of ether oxygens (including phenoxy) is 1. The van der Waals surface area contributed by atoms with Gasteiger partial charge in [-0.2, -0.15) is 0 Å². The number of aromatic nitrogens is 1. The second-order valence-corrected chi connectivity index (χ2v) is 7.38. The lowest BCUT2D eigenvalue weighted by atomic mass is 10.2. The summed E-state index contributed by atoms with van der Waals surface area (Å²) < 4.78 is 8.22. The lowest BCUT2D eigenvalue weighted by Crippen LogP contribution is -2.40. The first-order valence-electron chi connectivity index (χ1n) is 8.84. The van der Waals surface area contributed by atoms with E-state index in [0.29, 0.717) is 12.3 Å². The van der Waals surface area contributed by atoms with Crippen molar-refractivity contribution in [3.05, 3.63) is 23.0 Å². The molecule has 150 valence electrons. The predicted molar refractivity (Wildman–Crippen MR) is 104 cm³/mol. The van der Waals surface area contributed by atoms with Crippen LogP contribution < -0.4 is 9.70 Å². The average molecular weight is 406 g/mol. The minimum absolute atomic E-state index is 0.0422. The smallest absolute Gasteiger partial charge is 0.414 e. The zero-order valence-corrected chi connectivity index (χ0v) is 17.0. The molecule has 0 bridgehead atoms. The Kier molecular flexibility index (Phi) is 5.68. The first-order chi connectivity index (χ1) is 13.3. The Morgan fingerprint density at radius 2 is 2.07 bits per heavy atom. The maximum absolute atomic E-state index is 12.3. The van der Waals surface area contributed by atoms with Gasteiger partial charge in [0.15, 0.2) is 0 Å². The van der Waals surface area contributed by atoms with E-state index in [1.165, 1.54) is 30.1 Å². The van der Waals surface area contributed by atoms with E-state index in [2.05, 4.69) is 5.16 Å². The molecule has 3 amide bonds. The van der Waals surface area contributed by atoms with Gasteiger partial charge in [-0.3, -0.25) is 19.4 Å². The minimum atomic E-state index is -0.570. The minimum Gasteiger partial charge on any atom is -0.442 e. The van der Waals surface area contributed by atoms with Crippen LogP contribution in [0.1, 0.15) is 20.8 Å². The average Bonchev–Trinajstić information content (AvgIpc) is 3.16. The SMILES string of the molecule is CCON=c1sc2cc(N3C[C@H](CN(C(C)=O)C(C)=O)OC3=O)ccc2n1C. The van der Waals surface area contributed by atoms with Crippen molar-refractivity contribution in [2.45, 2.75) is 26.9 Å². The number of fused-ring (bicyclic) bond motifs is 1. The number of thiazole rings is 1. The van der Waals surface area contributed by atoms with Gasteiger partial charge >= 0.3 is 6.09 Å². The lowest BCUT2D eigenvalue weighted by Gasteiger charge is -2.20. The molecule has 28 heavy (non-hydrogen) atoms. The molecule has 0 unspecified atom stereocenters. The molecule has 1 aliphatic heterocycles. The van der Waals surface area contributed by atoms with Crippen LogP contribution in [0.25, 0.3) is 10.2 Å². The van der Waals surface area contributed by atoms with Gasteiger partial charge in [-0.25, -0.2) is 4.79 Å². The standard InChI is InChI=1S/C18H22N4O5S/c1-5-26-19-17-20(4)15-7-6-13(8-16(15)28-17)22-10-14(27-18(22)25)9-21(11(2)23)12(3)24/h6-8,14H,5,9-10H2,1-4H3/t14-/m0/s1. The van der Waals surface area contributed by atoms with Crippen molar-refractivity contribution in [2.75, 3.05) is 24.6 Å². The normalized spacial score (nSPS) is 17.1. The van der Waals surface area contributed by atoms with Gasteiger partial charge in [0.1, 0.15) is 12.7 Å². The first-order valence-corrected chi connectivity index (χ1v) is 9.65. The molecule has 0 N–H and O–H groups in total. The van der Waals surface area contributed by atoms with Crippen LogP contribution in [0.15, 0.2) is 23.4 Å². The van der Waals surface area contributed by atoms with Gasteiger partial charge in [0.2, 0.25) is 16.6 Å². The number of rotatable bonds is 5. The number of amides is 3. The molecule has 1 aromatic carbocycles. The van der Waals surface area contributed by atoms with Crippen LogP contribution in [-0.4, -0.2) is 53.2 Å². The Labute approximate surface area is 165 Å². The van der Waals surface area contributed by atoms with E-state index >= 15 is 0 Å². The van der Waals surface area contributed by atoms with Gasteiger partial charge in [-0.15, -0.1) is 0 Å². The third-order valence-electron chi connectivity index (χ3n) is 4.40. The summed E-state index contributed by atoms with van der Waals surface area (Å²) in [6.07, 6.45) is -1.07. The van der Waals surface area contributed by atoms with E-state index < -0.39 is 12.2 Å². The van der Waals surface area contributed by atoms with Crippen LogP contribution in [0.5, 0.6) is 0 Å². The Morgan fingerprint density at radius 3 is 2.71 bits per heavy atom. The molecule has 0 spiro atoms. The number of carbonyl (C=O) groups excluding carboxylic acids is 3. The Bertz CT molecular complexity index is 982. The fourth-order valence-corrected chi connectivity index (χ4v) is 4.02. The van der Waals surface area contributed by atoms with Gasteiger partial charge < -0.3 is 14.1 Å². The number of cyclic esters (lactones) is 1. The van der Waals surface area contributed by atoms with E-state index in [9.17, 15) is 14.4 Å². The lowest BCUT2D eigenvalue weighted by molar-refractivity contribution is -0.143. The molecular weight excluding hydrogens is 384 g/mol. The van der Waals surface area contributed by atoms with Crippen LogP contribution in [0.3, 0.4) is 0 Å². The molecule has 3 rings (SSSR count). The Balaban J connectivity index is 1.83. The molecular formula is C18H22N4O5S. The topological polar surface area (TPSA) is 93.4 Å². The second kappa shape index (κ2) is 8.01. The Hall–Kier alpha value is -2.88. The highest BCUT2D eigenvalue weighted by Gasteiger charge is 2.35. The molecule has 1 saturated heterocycles. The molecule has 0 saturated carbocycles. The van der Waals surface area contributed by atoms with Crippen molar-refractivity contribution < 1.29 is 24.0 Å².